The molecule has 0 aliphatic heterocycles. The molecule has 0 spiro atoms. The molecular weight excluding hydrogens is 110 g/mol. The molecule has 0 unspecified atom stereocenters. The fraction of sp³-hybridized carbons (Fsp3) is 0.375. The summed E-state index contributed by atoms with van der Waals surface area (Å²) in [4.78, 5) is 4.01. The van der Waals surface area contributed by atoms with Crippen molar-refractivity contribution in [3.63, 3.8) is 0 Å². The number of nitrogens with zero attached hydrogens (tertiary/aromatic N) is 1. The van der Waals surface area contributed by atoms with Crippen LogP contribution < -0.4 is 0 Å². The first-order valence-electron chi connectivity index (χ1n) is 3.03. The van der Waals surface area contributed by atoms with Gasteiger partial charge in [-0.3, -0.25) is 4.99 Å². The topological polar surface area (TPSA) is 12.4 Å². The molecule has 0 rings (SSSR count). The van der Waals surface area contributed by atoms with Crippen molar-refractivity contribution >= 4 is 6.21 Å². The van der Waals surface area contributed by atoms with Crippen LogP contribution in [0.4, 0.5) is 0 Å². The third kappa shape index (κ3) is 2.85. The molecule has 0 saturated carbocycles. The maximum Gasteiger partial charge on any atom is 0.0579 e. The van der Waals surface area contributed by atoms with E-state index in [1.54, 1.807) is 6.21 Å². The molecule has 0 saturated heterocycles. The molecule has 0 heterocycles. The number of hydrogen-bond donors (Lipinski definition) is 0. The van der Waals surface area contributed by atoms with E-state index in [1.807, 2.05) is 26.8 Å². The Morgan fingerprint density at radius 2 is 2.00 bits per heavy atom. The van der Waals surface area contributed by atoms with Crippen LogP contribution in [0, 0.1) is 0 Å². The molecule has 9 heavy (non-hydrogen) atoms. The van der Waals surface area contributed by atoms with Gasteiger partial charge in [0.25, 0.3) is 0 Å². The van der Waals surface area contributed by atoms with E-state index in [1.165, 1.54) is 0 Å². The van der Waals surface area contributed by atoms with Crippen molar-refractivity contribution in [3.05, 3.63) is 23.9 Å². The maximum atomic E-state index is 4.01. The molecule has 1 heteroatoms. The lowest BCUT2D eigenvalue weighted by atomic mass is 10.2. The average Bonchev–Trinajstić information content (AvgIpc) is 1.87. The van der Waals surface area contributed by atoms with Gasteiger partial charge in [0.15, 0.2) is 0 Å². The molecule has 0 atom stereocenters. The summed E-state index contributed by atoms with van der Waals surface area (Å²) in [6.07, 6.45) is 3.74. The van der Waals surface area contributed by atoms with E-state index in [4.69, 9.17) is 0 Å². The summed E-state index contributed by atoms with van der Waals surface area (Å²) in [7, 11) is 0. The van der Waals surface area contributed by atoms with Gasteiger partial charge in [-0.05, 0) is 26.3 Å². The minimum Gasteiger partial charge on any atom is -0.262 e. The lowest BCUT2D eigenvalue weighted by molar-refractivity contribution is 1.29. The van der Waals surface area contributed by atoms with Gasteiger partial charge in [0, 0.05) is 6.21 Å². The Hall–Kier alpha value is -0.850. The highest BCUT2D eigenvalue weighted by Crippen LogP contribution is 2.05. The van der Waals surface area contributed by atoms with Gasteiger partial charge in [-0.15, -0.1) is 0 Å². The van der Waals surface area contributed by atoms with Crippen molar-refractivity contribution in [3.8, 4) is 0 Å². The van der Waals surface area contributed by atoms with Gasteiger partial charge in [0.1, 0.15) is 0 Å². The predicted molar refractivity (Wildman–Crippen MR) is 42.7 cm³/mol. The van der Waals surface area contributed by atoms with Crippen LogP contribution in [0.15, 0.2) is 28.9 Å². The second kappa shape index (κ2) is 4.07. The molecule has 0 amide bonds. The summed E-state index contributed by atoms with van der Waals surface area (Å²) in [6, 6.07) is 0. The third-order valence-electron chi connectivity index (χ3n) is 1.17. The van der Waals surface area contributed by atoms with Crippen LogP contribution in [0.1, 0.15) is 20.8 Å². The maximum absolute atomic E-state index is 4.01. The van der Waals surface area contributed by atoms with E-state index in [9.17, 15) is 0 Å². The fourth-order valence-electron chi connectivity index (χ4n) is 0.424. The Balaban J connectivity index is 4.05. The van der Waals surface area contributed by atoms with Crippen LogP contribution in [-0.4, -0.2) is 6.21 Å². The van der Waals surface area contributed by atoms with Gasteiger partial charge in [0.05, 0.1) is 5.70 Å². The Kier molecular flexibility index (Phi) is 3.69. The minimum absolute atomic E-state index is 0.847. The zero-order valence-corrected chi connectivity index (χ0v) is 6.31. The third-order valence-corrected chi connectivity index (χ3v) is 1.17. The Labute approximate surface area is 56.8 Å². The summed E-state index contributed by atoms with van der Waals surface area (Å²) >= 11 is 0. The Bertz CT molecular complexity index is 152. The van der Waals surface area contributed by atoms with E-state index in [2.05, 4.69) is 11.6 Å². The highest BCUT2D eigenvalue weighted by molar-refractivity contribution is 5.56. The second-order valence-electron chi connectivity index (χ2n) is 1.81. The Morgan fingerprint density at radius 1 is 1.44 bits per heavy atom. The van der Waals surface area contributed by atoms with Crippen molar-refractivity contribution in [2.75, 3.05) is 0 Å². The quantitative estimate of drug-likeness (QED) is 0.395. The average molecular weight is 123 g/mol. The molecule has 0 aromatic rings. The molecule has 0 aliphatic rings. The predicted octanol–water partition coefficient (Wildman–Crippen LogP) is 2.56. The van der Waals surface area contributed by atoms with Crippen LogP contribution in [0.25, 0.3) is 0 Å². The summed E-state index contributed by atoms with van der Waals surface area (Å²) in [5.41, 5.74) is 1.98. The molecular formula is C8H13N. The monoisotopic (exact) mass is 123 g/mol. The first-order chi connectivity index (χ1) is 4.22. The normalized spacial score (nSPS) is 12.6. The van der Waals surface area contributed by atoms with Crippen LogP contribution >= 0.6 is 0 Å². The lowest BCUT2D eigenvalue weighted by Crippen LogP contribution is -1.76. The zero-order valence-electron chi connectivity index (χ0n) is 6.31. The fourth-order valence-corrected chi connectivity index (χ4v) is 0.424. The zero-order chi connectivity index (χ0) is 7.28. The van der Waals surface area contributed by atoms with Crippen molar-refractivity contribution in [1.82, 2.24) is 0 Å². The van der Waals surface area contributed by atoms with Crippen molar-refractivity contribution in [2.24, 2.45) is 4.99 Å². The molecule has 0 fully saturated rings. The van der Waals surface area contributed by atoms with Crippen LogP contribution in [0.5, 0.6) is 0 Å². The minimum atomic E-state index is 0.847. The van der Waals surface area contributed by atoms with Gasteiger partial charge in [0.2, 0.25) is 0 Å². The van der Waals surface area contributed by atoms with Gasteiger partial charge >= 0.3 is 0 Å². The molecule has 0 N–H and O–H groups in total. The summed E-state index contributed by atoms with van der Waals surface area (Å²) < 4.78 is 0. The number of aliphatic imine (C=N–C) groups is 1. The standard InChI is InChI=1S/C8H13N/c1-5-7(3)8(4)9-6-2/h5-6H,4H2,1-3H3/b7-5+,9-6?. The van der Waals surface area contributed by atoms with E-state index in [-0.39, 0.29) is 0 Å². The van der Waals surface area contributed by atoms with E-state index >= 15 is 0 Å². The molecule has 0 aromatic carbocycles. The van der Waals surface area contributed by atoms with Gasteiger partial charge < -0.3 is 0 Å². The smallest absolute Gasteiger partial charge is 0.0579 e. The molecule has 50 valence electrons. The van der Waals surface area contributed by atoms with Crippen molar-refractivity contribution in [2.45, 2.75) is 20.8 Å². The number of rotatable bonds is 2. The lowest BCUT2D eigenvalue weighted by Gasteiger charge is -1.94. The molecule has 0 radical (unpaired) electrons. The van der Waals surface area contributed by atoms with Crippen molar-refractivity contribution < 1.29 is 0 Å². The highest BCUT2D eigenvalue weighted by atomic mass is 14.7. The van der Waals surface area contributed by atoms with Gasteiger partial charge in [-0.1, -0.05) is 12.7 Å². The first kappa shape index (κ1) is 8.15. The van der Waals surface area contributed by atoms with Gasteiger partial charge in [-0.2, -0.15) is 0 Å². The van der Waals surface area contributed by atoms with Gasteiger partial charge in [-0.25, -0.2) is 0 Å². The molecule has 0 aliphatic carbocycles. The molecule has 1 nitrogen and oxygen atoms in total. The van der Waals surface area contributed by atoms with E-state index in [0.29, 0.717) is 0 Å². The largest absolute Gasteiger partial charge is 0.262 e. The number of allylic oxidation sites excluding steroid dienone is 2. The SMILES string of the molecule is C=C(N=CC)/C(C)=C/C. The second-order valence-corrected chi connectivity index (χ2v) is 1.81. The van der Waals surface area contributed by atoms with E-state index in [0.717, 1.165) is 11.3 Å². The van der Waals surface area contributed by atoms with Crippen LogP contribution in [0.3, 0.4) is 0 Å². The van der Waals surface area contributed by atoms with Crippen LogP contribution in [0.2, 0.25) is 0 Å². The highest BCUT2D eigenvalue weighted by Gasteiger charge is 1.87. The molecule has 0 aromatic heterocycles. The summed E-state index contributed by atoms with van der Waals surface area (Å²) in [6.45, 7) is 9.61. The van der Waals surface area contributed by atoms with Crippen LogP contribution in [-0.2, 0) is 0 Å². The summed E-state index contributed by atoms with van der Waals surface area (Å²) in [5.74, 6) is 0. The van der Waals surface area contributed by atoms with Crippen molar-refractivity contribution in [1.29, 1.82) is 0 Å². The summed E-state index contributed by atoms with van der Waals surface area (Å²) in [5, 5.41) is 0. The Morgan fingerprint density at radius 3 is 2.33 bits per heavy atom. The number of hydrogen-bond acceptors (Lipinski definition) is 1. The molecule has 0 bridgehead atoms. The van der Waals surface area contributed by atoms with E-state index < -0.39 is 0 Å². The first-order valence-corrected chi connectivity index (χ1v) is 3.03.